The minimum absolute atomic E-state index is 0.683. The Morgan fingerprint density at radius 2 is 1.89 bits per heavy atom. The van der Waals surface area contributed by atoms with Gasteiger partial charge < -0.3 is 11.1 Å². The number of anilines is 2. The molecule has 3 rings (SSSR count). The van der Waals surface area contributed by atoms with Gasteiger partial charge in [0.15, 0.2) is 0 Å². The third-order valence-electron chi connectivity index (χ3n) is 2.88. The lowest BCUT2D eigenvalue weighted by Crippen LogP contribution is -1.94. The van der Waals surface area contributed by atoms with Crippen molar-refractivity contribution in [3.8, 4) is 11.3 Å². The Kier molecular flexibility index (Phi) is 2.72. The first-order valence-electron chi connectivity index (χ1n) is 5.93. The summed E-state index contributed by atoms with van der Waals surface area (Å²) in [7, 11) is 1.83. The molecule has 2 heterocycles. The minimum atomic E-state index is 0.683. The van der Waals surface area contributed by atoms with Crippen LogP contribution in [0.25, 0.3) is 22.3 Å². The fraction of sp³-hybridized carbons (Fsp3) is 0.0714. The number of nitrogens with zero attached hydrogens (tertiary/aromatic N) is 3. The van der Waals surface area contributed by atoms with E-state index in [9.17, 15) is 0 Å². The Balaban J connectivity index is 2.08. The molecule has 0 aliphatic rings. The molecule has 3 aromatic rings. The maximum absolute atomic E-state index is 5.76. The number of rotatable bonds is 2. The summed E-state index contributed by atoms with van der Waals surface area (Å²) >= 11 is 0. The minimum Gasteiger partial charge on any atom is -0.399 e. The first kappa shape index (κ1) is 11.4. The Morgan fingerprint density at radius 1 is 1.00 bits per heavy atom. The summed E-state index contributed by atoms with van der Waals surface area (Å²) in [6.07, 6.45) is 3.52. The molecule has 0 unspecified atom stereocenters. The third kappa shape index (κ3) is 2.18. The third-order valence-corrected chi connectivity index (χ3v) is 2.88. The molecule has 0 amide bonds. The van der Waals surface area contributed by atoms with E-state index in [1.807, 2.05) is 37.4 Å². The average Bonchev–Trinajstić information content (AvgIpc) is 2.46. The number of nitrogens with two attached hydrogens (primary N) is 1. The van der Waals surface area contributed by atoms with Crippen LogP contribution < -0.4 is 11.1 Å². The van der Waals surface area contributed by atoms with Crippen LogP contribution in [0.15, 0.2) is 42.7 Å². The molecule has 0 saturated heterocycles. The number of pyridine rings is 1. The zero-order chi connectivity index (χ0) is 13.2. The maximum Gasteiger partial charge on any atom is 0.125 e. The largest absolute Gasteiger partial charge is 0.399 e. The van der Waals surface area contributed by atoms with Crippen LogP contribution in [0.5, 0.6) is 0 Å². The van der Waals surface area contributed by atoms with Crippen LogP contribution in [0.3, 0.4) is 0 Å². The van der Waals surface area contributed by atoms with Gasteiger partial charge in [0.1, 0.15) is 5.82 Å². The maximum atomic E-state index is 5.76. The normalized spacial score (nSPS) is 10.6. The molecular weight excluding hydrogens is 238 g/mol. The smallest absolute Gasteiger partial charge is 0.125 e. The van der Waals surface area contributed by atoms with Crippen LogP contribution in [0.4, 0.5) is 11.5 Å². The first-order chi connectivity index (χ1) is 9.26. The van der Waals surface area contributed by atoms with Crippen molar-refractivity contribution >= 4 is 22.5 Å². The Labute approximate surface area is 110 Å². The second kappa shape index (κ2) is 4.53. The Bertz CT molecular complexity index is 721. The molecule has 5 nitrogen and oxygen atoms in total. The van der Waals surface area contributed by atoms with Gasteiger partial charge in [-0.1, -0.05) is 0 Å². The van der Waals surface area contributed by atoms with Gasteiger partial charge in [0.25, 0.3) is 0 Å². The van der Waals surface area contributed by atoms with Gasteiger partial charge >= 0.3 is 0 Å². The predicted octanol–water partition coefficient (Wildman–Crippen LogP) is 2.32. The van der Waals surface area contributed by atoms with Gasteiger partial charge in [-0.05, 0) is 30.3 Å². The van der Waals surface area contributed by atoms with E-state index in [2.05, 4.69) is 20.3 Å². The first-order valence-corrected chi connectivity index (χ1v) is 5.93. The van der Waals surface area contributed by atoms with E-state index < -0.39 is 0 Å². The molecule has 0 radical (unpaired) electrons. The van der Waals surface area contributed by atoms with E-state index in [1.54, 1.807) is 12.4 Å². The number of fused-ring (bicyclic) bond motifs is 1. The van der Waals surface area contributed by atoms with Crippen LogP contribution in [0, 0.1) is 0 Å². The van der Waals surface area contributed by atoms with Crippen LogP contribution in [0.2, 0.25) is 0 Å². The van der Waals surface area contributed by atoms with Crippen LogP contribution >= 0.6 is 0 Å². The van der Waals surface area contributed by atoms with Crippen molar-refractivity contribution in [3.63, 3.8) is 0 Å². The number of hydrogen-bond donors (Lipinski definition) is 2. The molecule has 19 heavy (non-hydrogen) atoms. The average molecular weight is 251 g/mol. The fourth-order valence-corrected chi connectivity index (χ4v) is 1.86. The number of hydrogen-bond acceptors (Lipinski definition) is 5. The summed E-state index contributed by atoms with van der Waals surface area (Å²) in [5.74, 6) is 0.821. The molecular formula is C14H13N5. The molecule has 94 valence electrons. The van der Waals surface area contributed by atoms with Gasteiger partial charge in [0, 0.05) is 24.5 Å². The van der Waals surface area contributed by atoms with Gasteiger partial charge in [0.2, 0.25) is 0 Å². The lowest BCUT2D eigenvalue weighted by atomic mass is 10.2. The molecule has 0 bridgehead atoms. The Morgan fingerprint density at radius 3 is 2.63 bits per heavy atom. The van der Waals surface area contributed by atoms with E-state index >= 15 is 0 Å². The van der Waals surface area contributed by atoms with Crippen molar-refractivity contribution in [1.82, 2.24) is 15.0 Å². The van der Waals surface area contributed by atoms with Crippen molar-refractivity contribution in [2.24, 2.45) is 0 Å². The van der Waals surface area contributed by atoms with Crippen LogP contribution in [-0.2, 0) is 0 Å². The van der Waals surface area contributed by atoms with E-state index in [0.717, 1.165) is 28.1 Å². The fourth-order valence-electron chi connectivity index (χ4n) is 1.86. The van der Waals surface area contributed by atoms with Gasteiger partial charge in [-0.15, -0.1) is 0 Å². The summed E-state index contributed by atoms with van der Waals surface area (Å²) in [6.45, 7) is 0. The van der Waals surface area contributed by atoms with Crippen molar-refractivity contribution < 1.29 is 0 Å². The van der Waals surface area contributed by atoms with E-state index in [1.165, 1.54) is 0 Å². The van der Waals surface area contributed by atoms with E-state index in [4.69, 9.17) is 5.73 Å². The van der Waals surface area contributed by atoms with Crippen molar-refractivity contribution in [1.29, 1.82) is 0 Å². The Hall–Kier alpha value is -2.69. The SMILES string of the molecule is CNc1ccc(-c2cnc3ccc(N)cc3n2)cn1. The zero-order valence-corrected chi connectivity index (χ0v) is 10.5. The molecule has 2 aromatic heterocycles. The second-order valence-electron chi connectivity index (χ2n) is 4.19. The highest BCUT2D eigenvalue weighted by atomic mass is 14.9. The molecule has 0 aliphatic carbocycles. The van der Waals surface area contributed by atoms with Crippen LogP contribution in [-0.4, -0.2) is 22.0 Å². The van der Waals surface area contributed by atoms with Crippen LogP contribution in [0.1, 0.15) is 0 Å². The standard InChI is InChI=1S/C14H13N5/c1-16-14-5-2-9(7-18-14)13-8-17-11-4-3-10(15)6-12(11)19-13/h2-8H,15H2,1H3,(H,16,18). The highest BCUT2D eigenvalue weighted by Gasteiger charge is 2.03. The lowest BCUT2D eigenvalue weighted by molar-refractivity contribution is 1.25. The van der Waals surface area contributed by atoms with Gasteiger partial charge in [0.05, 0.1) is 22.9 Å². The lowest BCUT2D eigenvalue weighted by Gasteiger charge is -2.04. The number of nitrogens with one attached hydrogen (secondary N) is 1. The quantitative estimate of drug-likeness (QED) is 0.683. The molecule has 3 N–H and O–H groups in total. The zero-order valence-electron chi connectivity index (χ0n) is 10.5. The monoisotopic (exact) mass is 251 g/mol. The van der Waals surface area contributed by atoms with E-state index in [0.29, 0.717) is 5.69 Å². The summed E-state index contributed by atoms with van der Waals surface area (Å²) < 4.78 is 0. The van der Waals surface area contributed by atoms with Gasteiger partial charge in [-0.2, -0.15) is 0 Å². The molecule has 0 atom stereocenters. The molecule has 0 spiro atoms. The van der Waals surface area contributed by atoms with Gasteiger partial charge in [-0.25, -0.2) is 9.97 Å². The highest BCUT2D eigenvalue weighted by Crippen LogP contribution is 2.20. The molecule has 0 aliphatic heterocycles. The molecule has 0 fully saturated rings. The molecule has 0 saturated carbocycles. The summed E-state index contributed by atoms with van der Waals surface area (Å²) in [4.78, 5) is 13.2. The summed E-state index contributed by atoms with van der Waals surface area (Å²) in [5, 5.41) is 2.98. The number of benzene rings is 1. The predicted molar refractivity (Wildman–Crippen MR) is 76.7 cm³/mol. The number of aromatic nitrogens is 3. The van der Waals surface area contributed by atoms with Crippen molar-refractivity contribution in [3.05, 3.63) is 42.7 Å². The summed E-state index contributed by atoms with van der Waals surface area (Å²) in [6, 6.07) is 9.37. The van der Waals surface area contributed by atoms with Crippen molar-refractivity contribution in [2.75, 3.05) is 18.1 Å². The second-order valence-corrected chi connectivity index (χ2v) is 4.19. The summed E-state index contributed by atoms with van der Waals surface area (Å²) in [5.41, 5.74) is 9.78. The van der Waals surface area contributed by atoms with Gasteiger partial charge in [-0.3, -0.25) is 4.98 Å². The number of nitrogen functional groups attached to an aromatic ring is 1. The highest BCUT2D eigenvalue weighted by molar-refractivity contribution is 5.80. The molecule has 1 aromatic carbocycles. The topological polar surface area (TPSA) is 76.7 Å². The van der Waals surface area contributed by atoms with E-state index in [-0.39, 0.29) is 0 Å². The molecule has 5 heteroatoms. The van der Waals surface area contributed by atoms with Crippen molar-refractivity contribution in [2.45, 2.75) is 0 Å².